The van der Waals surface area contributed by atoms with Crippen LogP contribution in [-0.2, 0) is 6.54 Å². The summed E-state index contributed by atoms with van der Waals surface area (Å²) in [7, 11) is 0. The highest BCUT2D eigenvalue weighted by atomic mass is 32.1. The first-order valence-corrected chi connectivity index (χ1v) is 10.4. The molecule has 0 spiro atoms. The molecule has 1 aromatic carbocycles. The SMILES string of the molecule is CCNC(=NCc1ccc2c(c1)OCO2)NC1CCN(c2cccs2)CC1. The van der Waals surface area contributed by atoms with E-state index in [0.717, 1.165) is 55.5 Å². The average molecular weight is 387 g/mol. The summed E-state index contributed by atoms with van der Waals surface area (Å²) in [5.74, 6) is 2.50. The summed E-state index contributed by atoms with van der Waals surface area (Å²) in [6, 6.07) is 10.8. The molecule has 6 nitrogen and oxygen atoms in total. The second kappa shape index (κ2) is 8.52. The standard InChI is InChI=1S/C20H26N4O2S/c1-2-21-20(22-13-15-5-6-17-18(12-15)26-14-25-17)23-16-7-9-24(10-8-16)19-4-3-11-27-19/h3-6,11-12,16H,2,7-10,13-14H2,1H3,(H2,21,22,23). The van der Waals surface area contributed by atoms with Crippen LogP contribution in [0.1, 0.15) is 25.3 Å². The van der Waals surface area contributed by atoms with E-state index in [9.17, 15) is 0 Å². The molecule has 144 valence electrons. The molecule has 2 aliphatic rings. The van der Waals surface area contributed by atoms with E-state index in [2.05, 4.69) is 40.0 Å². The number of nitrogens with zero attached hydrogens (tertiary/aromatic N) is 2. The number of fused-ring (bicyclic) bond motifs is 1. The lowest BCUT2D eigenvalue weighted by atomic mass is 10.1. The van der Waals surface area contributed by atoms with Crippen LogP contribution < -0.4 is 25.0 Å². The molecular formula is C20H26N4O2S. The van der Waals surface area contributed by atoms with Crippen molar-refractivity contribution in [3.63, 3.8) is 0 Å². The lowest BCUT2D eigenvalue weighted by Gasteiger charge is -2.33. The van der Waals surface area contributed by atoms with Crippen molar-refractivity contribution in [2.24, 2.45) is 4.99 Å². The van der Waals surface area contributed by atoms with Crippen LogP contribution in [0.15, 0.2) is 40.7 Å². The number of thiophene rings is 1. The Labute approximate surface area is 164 Å². The highest BCUT2D eigenvalue weighted by Crippen LogP contribution is 2.32. The van der Waals surface area contributed by atoms with Crippen molar-refractivity contribution < 1.29 is 9.47 Å². The zero-order valence-corrected chi connectivity index (χ0v) is 16.4. The summed E-state index contributed by atoms with van der Waals surface area (Å²) in [4.78, 5) is 7.23. The third-order valence-electron chi connectivity index (χ3n) is 4.85. The molecule has 27 heavy (non-hydrogen) atoms. The third kappa shape index (κ3) is 4.47. The minimum absolute atomic E-state index is 0.302. The number of nitrogens with one attached hydrogen (secondary N) is 2. The monoisotopic (exact) mass is 386 g/mol. The van der Waals surface area contributed by atoms with Crippen LogP contribution in [-0.4, -0.2) is 38.4 Å². The lowest BCUT2D eigenvalue weighted by molar-refractivity contribution is 0.174. The molecule has 0 unspecified atom stereocenters. The van der Waals surface area contributed by atoms with Crippen LogP contribution in [0, 0.1) is 0 Å². The van der Waals surface area contributed by atoms with Gasteiger partial charge in [-0.2, -0.15) is 0 Å². The molecule has 3 heterocycles. The molecule has 2 aliphatic heterocycles. The van der Waals surface area contributed by atoms with Gasteiger partial charge in [-0.1, -0.05) is 6.07 Å². The van der Waals surface area contributed by atoms with E-state index in [1.54, 1.807) is 0 Å². The van der Waals surface area contributed by atoms with Gasteiger partial charge in [0.05, 0.1) is 11.5 Å². The normalized spacial score (nSPS) is 17.2. The molecule has 0 aliphatic carbocycles. The van der Waals surface area contributed by atoms with Gasteiger partial charge in [-0.3, -0.25) is 0 Å². The van der Waals surface area contributed by atoms with Gasteiger partial charge in [-0.15, -0.1) is 11.3 Å². The van der Waals surface area contributed by atoms with E-state index < -0.39 is 0 Å². The van der Waals surface area contributed by atoms with Crippen molar-refractivity contribution in [3.8, 4) is 11.5 Å². The van der Waals surface area contributed by atoms with Gasteiger partial charge in [0, 0.05) is 25.7 Å². The second-order valence-corrected chi connectivity index (χ2v) is 7.67. The van der Waals surface area contributed by atoms with Gasteiger partial charge in [0.15, 0.2) is 17.5 Å². The zero-order valence-electron chi connectivity index (χ0n) is 15.6. The fourth-order valence-corrected chi connectivity index (χ4v) is 4.20. The van der Waals surface area contributed by atoms with Crippen LogP contribution in [0.5, 0.6) is 11.5 Å². The molecule has 1 saturated heterocycles. The molecule has 0 saturated carbocycles. The van der Waals surface area contributed by atoms with Gasteiger partial charge in [0.25, 0.3) is 0 Å². The Hall–Kier alpha value is -2.41. The van der Waals surface area contributed by atoms with Crippen molar-refractivity contribution in [3.05, 3.63) is 41.3 Å². The number of hydrogen-bond acceptors (Lipinski definition) is 5. The topological polar surface area (TPSA) is 58.1 Å². The first-order valence-electron chi connectivity index (χ1n) is 9.53. The molecule has 1 fully saturated rings. The summed E-state index contributed by atoms with van der Waals surface area (Å²) < 4.78 is 10.8. The van der Waals surface area contributed by atoms with Gasteiger partial charge < -0.3 is 25.0 Å². The van der Waals surface area contributed by atoms with Crippen LogP contribution in [0.4, 0.5) is 5.00 Å². The summed E-state index contributed by atoms with van der Waals surface area (Å²) in [5, 5.41) is 10.5. The minimum Gasteiger partial charge on any atom is -0.454 e. The molecule has 0 radical (unpaired) electrons. The number of ether oxygens (including phenoxy) is 2. The van der Waals surface area contributed by atoms with E-state index in [1.165, 1.54) is 5.00 Å². The van der Waals surface area contributed by atoms with Crippen LogP contribution in [0.25, 0.3) is 0 Å². The van der Waals surface area contributed by atoms with Gasteiger partial charge in [-0.25, -0.2) is 4.99 Å². The van der Waals surface area contributed by atoms with Gasteiger partial charge in [0.2, 0.25) is 6.79 Å². The molecule has 1 aromatic heterocycles. The number of benzene rings is 1. The predicted molar refractivity (Wildman–Crippen MR) is 110 cm³/mol. The largest absolute Gasteiger partial charge is 0.454 e. The number of hydrogen-bond donors (Lipinski definition) is 2. The highest BCUT2D eigenvalue weighted by molar-refractivity contribution is 7.14. The summed E-state index contributed by atoms with van der Waals surface area (Å²) >= 11 is 1.82. The summed E-state index contributed by atoms with van der Waals surface area (Å²) in [6.45, 7) is 6.02. The maximum Gasteiger partial charge on any atom is 0.231 e. The second-order valence-electron chi connectivity index (χ2n) is 6.74. The quantitative estimate of drug-likeness (QED) is 0.610. The number of rotatable bonds is 5. The van der Waals surface area contributed by atoms with Crippen molar-refractivity contribution in [2.75, 3.05) is 31.3 Å². The average Bonchev–Trinajstić information content (AvgIpc) is 3.38. The van der Waals surface area contributed by atoms with Crippen LogP contribution in [0.2, 0.25) is 0 Å². The first-order chi connectivity index (χ1) is 13.3. The predicted octanol–water partition coefficient (Wildman–Crippen LogP) is 3.20. The van der Waals surface area contributed by atoms with Gasteiger partial charge in [-0.05, 0) is 55.0 Å². The highest BCUT2D eigenvalue weighted by Gasteiger charge is 2.20. The molecular weight excluding hydrogens is 360 g/mol. The van der Waals surface area contributed by atoms with Crippen LogP contribution >= 0.6 is 11.3 Å². The van der Waals surface area contributed by atoms with E-state index in [4.69, 9.17) is 14.5 Å². The van der Waals surface area contributed by atoms with Crippen LogP contribution in [0.3, 0.4) is 0 Å². The first kappa shape index (κ1) is 18.0. The third-order valence-corrected chi connectivity index (χ3v) is 5.78. The Balaban J connectivity index is 1.33. The van der Waals surface area contributed by atoms with E-state index in [0.29, 0.717) is 19.4 Å². The minimum atomic E-state index is 0.302. The Bertz CT molecular complexity index is 770. The molecule has 4 rings (SSSR count). The Morgan fingerprint density at radius 1 is 1.22 bits per heavy atom. The van der Waals surface area contributed by atoms with Crippen molar-refractivity contribution in [2.45, 2.75) is 32.4 Å². The molecule has 2 N–H and O–H groups in total. The number of guanidine groups is 1. The number of piperidine rings is 1. The van der Waals surface area contributed by atoms with Crippen molar-refractivity contribution in [1.82, 2.24) is 10.6 Å². The molecule has 0 amide bonds. The van der Waals surface area contributed by atoms with E-state index in [-0.39, 0.29) is 0 Å². The van der Waals surface area contributed by atoms with E-state index in [1.807, 2.05) is 29.5 Å². The van der Waals surface area contributed by atoms with Gasteiger partial charge in [0.1, 0.15) is 0 Å². The lowest BCUT2D eigenvalue weighted by Crippen LogP contribution is -2.48. The van der Waals surface area contributed by atoms with Gasteiger partial charge >= 0.3 is 0 Å². The fraction of sp³-hybridized carbons (Fsp3) is 0.450. The number of aliphatic imine (C=N–C) groups is 1. The summed E-state index contributed by atoms with van der Waals surface area (Å²) in [6.07, 6.45) is 2.23. The Morgan fingerprint density at radius 3 is 2.85 bits per heavy atom. The molecule has 7 heteroatoms. The Morgan fingerprint density at radius 2 is 2.07 bits per heavy atom. The van der Waals surface area contributed by atoms with Crippen molar-refractivity contribution in [1.29, 1.82) is 0 Å². The summed E-state index contributed by atoms with van der Waals surface area (Å²) in [5.41, 5.74) is 1.11. The molecule has 2 aromatic rings. The smallest absolute Gasteiger partial charge is 0.231 e. The zero-order chi connectivity index (χ0) is 18.5. The number of anilines is 1. The van der Waals surface area contributed by atoms with Crippen molar-refractivity contribution >= 4 is 22.3 Å². The molecule has 0 atom stereocenters. The molecule has 0 bridgehead atoms. The fourth-order valence-electron chi connectivity index (χ4n) is 3.42. The maximum absolute atomic E-state index is 5.45. The Kier molecular flexibility index (Phi) is 5.67. The maximum atomic E-state index is 5.45. The van der Waals surface area contributed by atoms with E-state index >= 15 is 0 Å².